The highest BCUT2D eigenvalue weighted by atomic mass is 32.2. The quantitative estimate of drug-likeness (QED) is 0.839. The second-order valence-electron chi connectivity index (χ2n) is 5.85. The van der Waals surface area contributed by atoms with Crippen LogP contribution in [-0.4, -0.2) is 38.1 Å². The monoisotopic (exact) mass is 347 g/mol. The third-order valence-corrected chi connectivity index (χ3v) is 6.42. The maximum atomic E-state index is 13.0. The van der Waals surface area contributed by atoms with Crippen molar-refractivity contribution >= 4 is 15.7 Å². The van der Waals surface area contributed by atoms with Crippen LogP contribution in [0.3, 0.4) is 0 Å². The molecule has 1 atom stereocenters. The fourth-order valence-electron chi connectivity index (χ4n) is 2.96. The molecule has 1 heterocycles. The number of nitrogens with zero attached hydrogens (tertiary/aromatic N) is 1. The lowest BCUT2D eigenvalue weighted by molar-refractivity contribution is 0.0766. The molecule has 0 N–H and O–H groups in total. The van der Waals surface area contributed by atoms with E-state index in [1.165, 1.54) is 29.2 Å². The Balaban J connectivity index is 1.81. The first-order valence-corrected chi connectivity index (χ1v) is 9.50. The average molecular weight is 347 g/mol. The molecule has 3 rings (SSSR count). The highest BCUT2D eigenvalue weighted by Crippen LogP contribution is 2.29. The number of hydrogen-bond acceptors (Lipinski definition) is 3. The Morgan fingerprint density at radius 2 is 1.67 bits per heavy atom. The molecule has 1 fully saturated rings. The van der Waals surface area contributed by atoms with Crippen molar-refractivity contribution < 1.29 is 17.6 Å². The summed E-state index contributed by atoms with van der Waals surface area (Å²) in [5.41, 5.74) is 1.13. The minimum absolute atomic E-state index is 0.0699. The molecule has 2 aromatic rings. The molecule has 1 aliphatic rings. The molecule has 4 nitrogen and oxygen atoms in total. The van der Waals surface area contributed by atoms with Crippen molar-refractivity contribution in [2.45, 2.75) is 11.7 Å². The smallest absolute Gasteiger partial charge is 0.253 e. The first-order chi connectivity index (χ1) is 11.5. The van der Waals surface area contributed by atoms with Crippen LogP contribution in [-0.2, 0) is 9.84 Å². The van der Waals surface area contributed by atoms with Gasteiger partial charge < -0.3 is 4.90 Å². The van der Waals surface area contributed by atoms with E-state index in [4.69, 9.17) is 0 Å². The fourth-order valence-corrected chi connectivity index (χ4v) is 4.76. The van der Waals surface area contributed by atoms with Gasteiger partial charge in [-0.2, -0.15) is 0 Å². The molecule has 1 aliphatic heterocycles. The summed E-state index contributed by atoms with van der Waals surface area (Å²) >= 11 is 0. The lowest BCUT2D eigenvalue weighted by Gasteiger charge is -2.20. The van der Waals surface area contributed by atoms with E-state index in [2.05, 4.69) is 0 Å². The predicted molar refractivity (Wildman–Crippen MR) is 89.9 cm³/mol. The first-order valence-electron chi connectivity index (χ1n) is 7.79. The van der Waals surface area contributed by atoms with Crippen molar-refractivity contribution in [1.82, 2.24) is 4.90 Å². The Morgan fingerprint density at radius 1 is 1.00 bits per heavy atom. The molecular formula is C18H18FNO3S. The molecule has 1 saturated heterocycles. The summed E-state index contributed by atoms with van der Waals surface area (Å²) in [7, 11) is -3.32. The second kappa shape index (κ2) is 6.73. The maximum absolute atomic E-state index is 13.0. The van der Waals surface area contributed by atoms with Gasteiger partial charge in [-0.25, -0.2) is 12.8 Å². The summed E-state index contributed by atoms with van der Waals surface area (Å²) in [4.78, 5) is 14.1. The number of amides is 1. The summed E-state index contributed by atoms with van der Waals surface area (Å²) in [5.74, 6) is -0.743. The number of hydrogen-bond donors (Lipinski definition) is 0. The number of carbonyl (C=O) groups excluding carboxylic acids is 1. The molecule has 2 aromatic carbocycles. The molecule has 0 aliphatic carbocycles. The Morgan fingerprint density at radius 3 is 2.33 bits per heavy atom. The van der Waals surface area contributed by atoms with Gasteiger partial charge in [0.2, 0.25) is 0 Å². The Hall–Kier alpha value is -2.21. The van der Waals surface area contributed by atoms with Crippen molar-refractivity contribution in [1.29, 1.82) is 0 Å². The standard InChI is InChI=1S/C18H18FNO3S/c19-16-8-6-15(7-9-16)18(21)20-11-10-17(24(22,23)13-12-20)14-4-2-1-3-5-14/h1-9,17H,10-13H2. The summed E-state index contributed by atoms with van der Waals surface area (Å²) in [6, 6.07) is 14.4. The van der Waals surface area contributed by atoms with E-state index in [0.29, 0.717) is 18.5 Å². The normalized spacial score (nSPS) is 20.4. The average Bonchev–Trinajstić information content (AvgIpc) is 2.74. The largest absolute Gasteiger partial charge is 0.338 e. The van der Waals surface area contributed by atoms with Crippen molar-refractivity contribution in [3.05, 3.63) is 71.5 Å². The SMILES string of the molecule is O=C(c1ccc(F)cc1)N1CCC(c2ccccc2)S(=O)(=O)CC1. The van der Waals surface area contributed by atoms with Gasteiger partial charge in [0.05, 0.1) is 11.0 Å². The van der Waals surface area contributed by atoms with E-state index in [0.717, 1.165) is 5.56 Å². The van der Waals surface area contributed by atoms with Crippen LogP contribution in [0.25, 0.3) is 0 Å². The van der Waals surface area contributed by atoms with Crippen LogP contribution in [0.2, 0.25) is 0 Å². The van der Waals surface area contributed by atoms with Gasteiger partial charge in [0.15, 0.2) is 9.84 Å². The zero-order valence-corrected chi connectivity index (χ0v) is 13.9. The van der Waals surface area contributed by atoms with E-state index in [-0.39, 0.29) is 18.2 Å². The van der Waals surface area contributed by atoms with Crippen molar-refractivity contribution in [3.8, 4) is 0 Å². The van der Waals surface area contributed by atoms with E-state index in [1.807, 2.05) is 18.2 Å². The number of benzene rings is 2. The lowest BCUT2D eigenvalue weighted by atomic mass is 10.1. The third kappa shape index (κ3) is 3.48. The van der Waals surface area contributed by atoms with Crippen molar-refractivity contribution in [2.24, 2.45) is 0 Å². The second-order valence-corrected chi connectivity index (χ2v) is 8.16. The van der Waals surface area contributed by atoms with Crippen LogP contribution in [0.4, 0.5) is 4.39 Å². The minimum atomic E-state index is -3.32. The van der Waals surface area contributed by atoms with E-state index >= 15 is 0 Å². The zero-order chi connectivity index (χ0) is 17.2. The Labute approximate surface area is 140 Å². The van der Waals surface area contributed by atoms with Crippen LogP contribution < -0.4 is 0 Å². The molecule has 1 unspecified atom stereocenters. The van der Waals surface area contributed by atoms with Crippen LogP contribution in [0, 0.1) is 5.82 Å². The van der Waals surface area contributed by atoms with Gasteiger partial charge in [-0.1, -0.05) is 30.3 Å². The van der Waals surface area contributed by atoms with E-state index < -0.39 is 20.9 Å². The predicted octanol–water partition coefficient (Wildman–Crippen LogP) is 2.83. The molecule has 6 heteroatoms. The third-order valence-electron chi connectivity index (χ3n) is 4.29. The molecule has 24 heavy (non-hydrogen) atoms. The first kappa shape index (κ1) is 16.6. The van der Waals surface area contributed by atoms with Gasteiger partial charge >= 0.3 is 0 Å². The van der Waals surface area contributed by atoms with Crippen LogP contribution in [0.15, 0.2) is 54.6 Å². The van der Waals surface area contributed by atoms with E-state index in [9.17, 15) is 17.6 Å². The fraction of sp³-hybridized carbons (Fsp3) is 0.278. The van der Waals surface area contributed by atoms with Crippen molar-refractivity contribution in [2.75, 3.05) is 18.8 Å². The van der Waals surface area contributed by atoms with Gasteiger partial charge in [0.1, 0.15) is 5.82 Å². The van der Waals surface area contributed by atoms with Crippen LogP contribution in [0.1, 0.15) is 27.6 Å². The Bertz CT molecular complexity index is 819. The van der Waals surface area contributed by atoms with Gasteiger partial charge in [-0.15, -0.1) is 0 Å². The summed E-state index contributed by atoms with van der Waals surface area (Å²) in [5, 5.41) is -0.593. The molecule has 0 aromatic heterocycles. The van der Waals surface area contributed by atoms with Crippen LogP contribution >= 0.6 is 0 Å². The minimum Gasteiger partial charge on any atom is -0.338 e. The van der Waals surface area contributed by atoms with Gasteiger partial charge in [-0.05, 0) is 36.2 Å². The summed E-state index contributed by atoms with van der Waals surface area (Å²) < 4.78 is 38.1. The Kier molecular flexibility index (Phi) is 4.66. The summed E-state index contributed by atoms with van der Waals surface area (Å²) in [6.45, 7) is 0.511. The number of halogens is 1. The van der Waals surface area contributed by atoms with Crippen LogP contribution in [0.5, 0.6) is 0 Å². The van der Waals surface area contributed by atoms with Gasteiger partial charge in [-0.3, -0.25) is 4.79 Å². The number of carbonyl (C=O) groups is 1. The molecule has 0 bridgehead atoms. The zero-order valence-electron chi connectivity index (χ0n) is 13.1. The molecule has 0 radical (unpaired) electrons. The number of rotatable bonds is 2. The molecule has 0 saturated carbocycles. The summed E-state index contributed by atoms with van der Waals surface area (Å²) in [6.07, 6.45) is 0.360. The number of sulfone groups is 1. The molecule has 126 valence electrons. The highest BCUT2D eigenvalue weighted by molar-refractivity contribution is 7.91. The topological polar surface area (TPSA) is 54.5 Å². The molecule has 1 amide bonds. The molecular weight excluding hydrogens is 329 g/mol. The van der Waals surface area contributed by atoms with Gasteiger partial charge in [0, 0.05) is 18.7 Å². The molecule has 0 spiro atoms. The highest BCUT2D eigenvalue weighted by Gasteiger charge is 2.32. The van der Waals surface area contributed by atoms with E-state index in [1.54, 1.807) is 12.1 Å². The maximum Gasteiger partial charge on any atom is 0.253 e. The van der Waals surface area contributed by atoms with Crippen molar-refractivity contribution in [3.63, 3.8) is 0 Å². The lowest BCUT2D eigenvalue weighted by Crippen LogP contribution is -2.33. The van der Waals surface area contributed by atoms with Gasteiger partial charge in [0.25, 0.3) is 5.91 Å².